The molecule has 31 heavy (non-hydrogen) atoms. The van der Waals surface area contributed by atoms with E-state index in [1.54, 1.807) is 32.4 Å². The zero-order valence-electron chi connectivity index (χ0n) is 17.9. The first-order chi connectivity index (χ1) is 15.1. The predicted molar refractivity (Wildman–Crippen MR) is 115 cm³/mol. The fraction of sp³-hybridized carbons (Fsp3) is 0.348. The van der Waals surface area contributed by atoms with Crippen LogP contribution in [0.5, 0.6) is 11.5 Å². The lowest BCUT2D eigenvalue weighted by Gasteiger charge is -2.37. The summed E-state index contributed by atoms with van der Waals surface area (Å²) in [6, 6.07) is 15.0. The molecule has 162 valence electrons. The summed E-state index contributed by atoms with van der Waals surface area (Å²) < 4.78 is 16.1. The van der Waals surface area contributed by atoms with Crippen LogP contribution in [0.4, 0.5) is 0 Å². The van der Waals surface area contributed by atoms with Gasteiger partial charge in [-0.2, -0.15) is 4.98 Å². The van der Waals surface area contributed by atoms with Crippen LogP contribution >= 0.6 is 0 Å². The lowest BCUT2D eigenvalue weighted by molar-refractivity contribution is 0.0549. The summed E-state index contributed by atoms with van der Waals surface area (Å²) in [5.74, 6) is 2.29. The number of methoxy groups -OCH3 is 2. The molecule has 1 aliphatic rings. The van der Waals surface area contributed by atoms with Gasteiger partial charge < -0.3 is 18.9 Å². The average Bonchev–Trinajstić information content (AvgIpc) is 3.34. The maximum atomic E-state index is 13.0. The molecule has 2 heterocycles. The number of ether oxygens (including phenoxy) is 2. The summed E-state index contributed by atoms with van der Waals surface area (Å²) >= 11 is 0. The largest absolute Gasteiger partial charge is 0.497 e. The van der Waals surface area contributed by atoms with E-state index >= 15 is 0 Å². The molecule has 3 aromatic rings. The van der Waals surface area contributed by atoms with Crippen LogP contribution in [-0.4, -0.2) is 66.2 Å². The fourth-order valence-corrected chi connectivity index (χ4v) is 3.72. The number of piperazine rings is 1. The van der Waals surface area contributed by atoms with Crippen molar-refractivity contribution in [2.75, 3.05) is 40.4 Å². The van der Waals surface area contributed by atoms with Gasteiger partial charge in [0.25, 0.3) is 5.91 Å². The molecule has 1 fully saturated rings. The minimum atomic E-state index is -0.0454. The lowest BCUT2D eigenvalue weighted by atomic mass is 10.1. The molecule has 1 unspecified atom stereocenters. The van der Waals surface area contributed by atoms with Crippen molar-refractivity contribution in [2.45, 2.75) is 13.0 Å². The number of nitrogens with zero attached hydrogens (tertiary/aromatic N) is 4. The maximum Gasteiger partial charge on any atom is 0.257 e. The summed E-state index contributed by atoms with van der Waals surface area (Å²) in [7, 11) is 3.14. The molecule has 8 heteroatoms. The maximum absolute atomic E-state index is 13.0. The summed E-state index contributed by atoms with van der Waals surface area (Å²) in [5, 5.41) is 4.12. The van der Waals surface area contributed by atoms with Gasteiger partial charge in [0.15, 0.2) is 0 Å². The number of hydrogen-bond donors (Lipinski definition) is 0. The number of aromatic nitrogens is 2. The van der Waals surface area contributed by atoms with Crippen LogP contribution in [0.15, 0.2) is 53.1 Å². The third kappa shape index (κ3) is 4.39. The number of carbonyl (C=O) groups excluding carboxylic acids is 1. The Morgan fingerprint density at radius 2 is 1.77 bits per heavy atom. The summed E-state index contributed by atoms with van der Waals surface area (Å²) in [4.78, 5) is 21.7. The monoisotopic (exact) mass is 422 g/mol. The van der Waals surface area contributed by atoms with E-state index in [1.807, 2.05) is 42.2 Å². The Hall–Kier alpha value is -3.39. The highest BCUT2D eigenvalue weighted by Gasteiger charge is 2.29. The quantitative estimate of drug-likeness (QED) is 0.603. The van der Waals surface area contributed by atoms with Crippen molar-refractivity contribution in [3.05, 3.63) is 60.0 Å². The van der Waals surface area contributed by atoms with Crippen molar-refractivity contribution in [1.29, 1.82) is 0 Å². The molecule has 1 atom stereocenters. The van der Waals surface area contributed by atoms with Crippen molar-refractivity contribution >= 4 is 5.91 Å². The van der Waals surface area contributed by atoms with Crippen LogP contribution < -0.4 is 9.47 Å². The SMILES string of the molecule is COc1ccc(C(=O)N2CCN(C(C)c3nc(-c4ccccc4)no3)CC2)c(OC)c1. The van der Waals surface area contributed by atoms with E-state index in [1.165, 1.54) is 0 Å². The van der Waals surface area contributed by atoms with Gasteiger partial charge in [0.05, 0.1) is 25.8 Å². The molecule has 1 amide bonds. The first-order valence-corrected chi connectivity index (χ1v) is 10.2. The smallest absolute Gasteiger partial charge is 0.257 e. The van der Waals surface area contributed by atoms with E-state index < -0.39 is 0 Å². The summed E-state index contributed by atoms with van der Waals surface area (Å²) in [6.07, 6.45) is 0. The van der Waals surface area contributed by atoms with Gasteiger partial charge >= 0.3 is 0 Å². The Kier molecular flexibility index (Phi) is 6.18. The highest BCUT2D eigenvalue weighted by molar-refractivity contribution is 5.97. The Balaban J connectivity index is 1.40. The molecule has 0 radical (unpaired) electrons. The number of rotatable bonds is 6. The molecular weight excluding hydrogens is 396 g/mol. The van der Waals surface area contributed by atoms with Crippen molar-refractivity contribution in [3.63, 3.8) is 0 Å². The van der Waals surface area contributed by atoms with Gasteiger partial charge in [0.2, 0.25) is 11.7 Å². The van der Waals surface area contributed by atoms with Gasteiger partial charge in [-0.3, -0.25) is 9.69 Å². The molecule has 2 aromatic carbocycles. The topological polar surface area (TPSA) is 80.9 Å². The lowest BCUT2D eigenvalue weighted by Crippen LogP contribution is -2.49. The van der Waals surface area contributed by atoms with Gasteiger partial charge in [0.1, 0.15) is 11.5 Å². The third-order valence-electron chi connectivity index (χ3n) is 5.62. The van der Waals surface area contributed by atoms with Crippen LogP contribution in [0.2, 0.25) is 0 Å². The predicted octanol–water partition coefficient (Wildman–Crippen LogP) is 3.27. The zero-order chi connectivity index (χ0) is 21.8. The first-order valence-electron chi connectivity index (χ1n) is 10.2. The second kappa shape index (κ2) is 9.18. The molecule has 4 rings (SSSR count). The number of amides is 1. The molecule has 8 nitrogen and oxygen atoms in total. The Labute approximate surface area is 181 Å². The van der Waals surface area contributed by atoms with E-state index in [9.17, 15) is 4.79 Å². The Morgan fingerprint density at radius 1 is 1.03 bits per heavy atom. The zero-order valence-corrected chi connectivity index (χ0v) is 17.9. The van der Waals surface area contributed by atoms with E-state index in [-0.39, 0.29) is 11.9 Å². The van der Waals surface area contributed by atoms with Crippen molar-refractivity contribution < 1.29 is 18.8 Å². The molecule has 0 saturated carbocycles. The average molecular weight is 422 g/mol. The van der Waals surface area contributed by atoms with E-state index in [4.69, 9.17) is 14.0 Å². The molecular formula is C23H26N4O4. The summed E-state index contributed by atoms with van der Waals surface area (Å²) in [6.45, 7) is 4.70. The van der Waals surface area contributed by atoms with Gasteiger partial charge in [0, 0.05) is 37.8 Å². The first kappa shape index (κ1) is 20.9. The van der Waals surface area contributed by atoms with Crippen molar-refractivity contribution in [2.24, 2.45) is 0 Å². The Bertz CT molecular complexity index is 1030. The van der Waals surface area contributed by atoms with E-state index in [0.29, 0.717) is 55.0 Å². The molecule has 0 spiro atoms. The van der Waals surface area contributed by atoms with Gasteiger partial charge in [-0.15, -0.1) is 0 Å². The molecule has 1 saturated heterocycles. The van der Waals surface area contributed by atoms with Crippen LogP contribution in [0.1, 0.15) is 29.2 Å². The summed E-state index contributed by atoms with van der Waals surface area (Å²) in [5.41, 5.74) is 1.46. The second-order valence-corrected chi connectivity index (χ2v) is 7.39. The van der Waals surface area contributed by atoms with Gasteiger partial charge in [-0.05, 0) is 19.1 Å². The number of carbonyl (C=O) groups is 1. The molecule has 1 aromatic heterocycles. The van der Waals surface area contributed by atoms with Crippen LogP contribution in [0, 0.1) is 0 Å². The number of benzene rings is 2. The molecule has 0 aliphatic carbocycles. The van der Waals surface area contributed by atoms with Crippen LogP contribution in [0.25, 0.3) is 11.4 Å². The molecule has 0 N–H and O–H groups in total. The van der Waals surface area contributed by atoms with Crippen LogP contribution in [0.3, 0.4) is 0 Å². The minimum Gasteiger partial charge on any atom is -0.497 e. The van der Waals surface area contributed by atoms with Gasteiger partial charge in [-0.1, -0.05) is 35.5 Å². The molecule has 0 bridgehead atoms. The van der Waals surface area contributed by atoms with Crippen LogP contribution in [-0.2, 0) is 0 Å². The third-order valence-corrected chi connectivity index (χ3v) is 5.62. The molecule has 1 aliphatic heterocycles. The van der Waals surface area contributed by atoms with Crippen molar-refractivity contribution in [3.8, 4) is 22.9 Å². The fourth-order valence-electron chi connectivity index (χ4n) is 3.72. The highest BCUT2D eigenvalue weighted by atomic mass is 16.5. The second-order valence-electron chi connectivity index (χ2n) is 7.39. The van der Waals surface area contributed by atoms with E-state index in [0.717, 1.165) is 5.56 Å². The van der Waals surface area contributed by atoms with Crippen molar-refractivity contribution in [1.82, 2.24) is 19.9 Å². The number of hydrogen-bond acceptors (Lipinski definition) is 7. The Morgan fingerprint density at radius 3 is 2.45 bits per heavy atom. The minimum absolute atomic E-state index is 0.0299. The van der Waals surface area contributed by atoms with E-state index in [2.05, 4.69) is 15.0 Å². The highest BCUT2D eigenvalue weighted by Crippen LogP contribution is 2.27. The standard InChI is InChI=1S/C23H26N4O4/c1-16(22-24-21(25-31-22)17-7-5-4-6-8-17)26-11-13-27(14-12-26)23(28)19-10-9-18(29-2)15-20(19)30-3/h4-10,15-16H,11-14H2,1-3H3. The van der Waals surface area contributed by atoms with Gasteiger partial charge in [-0.25, -0.2) is 0 Å². The normalized spacial score (nSPS) is 15.5.